The predicted molar refractivity (Wildman–Crippen MR) is 72.3 cm³/mol. The molecule has 0 saturated heterocycles. The van der Waals surface area contributed by atoms with Crippen molar-refractivity contribution in [2.45, 2.75) is 0 Å². The van der Waals surface area contributed by atoms with Gasteiger partial charge in [0.2, 0.25) is 0 Å². The molecule has 2 rings (SSSR count). The Bertz CT molecular complexity index is 503. The van der Waals surface area contributed by atoms with Crippen molar-refractivity contribution in [3.8, 4) is 0 Å². The monoisotopic (exact) mass is 338 g/mol. The van der Waals surface area contributed by atoms with Crippen LogP contribution in [0.25, 0.3) is 6.08 Å². The molecule has 17 heavy (non-hydrogen) atoms. The fourth-order valence-corrected chi connectivity index (χ4v) is 3.26. The Labute approximate surface area is 111 Å². The molecule has 1 nitrogen and oxygen atoms in total. The summed E-state index contributed by atoms with van der Waals surface area (Å²) in [5, 5.41) is 0. The maximum atomic E-state index is 11.8. The van der Waals surface area contributed by atoms with E-state index in [0.29, 0.717) is 0 Å². The first-order valence-electron chi connectivity index (χ1n) is 5.34. The normalized spacial score (nSPS) is 10.6. The molecule has 2 aromatic carbocycles. The van der Waals surface area contributed by atoms with Crippen LogP contribution in [-0.2, 0) is 4.79 Å². The molecule has 2 aromatic rings. The van der Waals surface area contributed by atoms with Crippen molar-refractivity contribution in [3.05, 3.63) is 72.3 Å². The molecule has 0 bridgehead atoms. The van der Waals surface area contributed by atoms with Gasteiger partial charge in [0.25, 0.3) is 0 Å². The van der Waals surface area contributed by atoms with Gasteiger partial charge >= 0.3 is 112 Å². The van der Waals surface area contributed by atoms with E-state index in [1.165, 1.54) is 3.61 Å². The first kappa shape index (κ1) is 12.1. The van der Waals surface area contributed by atoms with E-state index in [2.05, 4.69) is 0 Å². The van der Waals surface area contributed by atoms with E-state index >= 15 is 0 Å². The van der Waals surface area contributed by atoms with E-state index in [-0.39, 0.29) is 3.83 Å². The van der Waals surface area contributed by atoms with Crippen LogP contribution >= 0.6 is 0 Å². The van der Waals surface area contributed by atoms with E-state index in [4.69, 9.17) is 0 Å². The van der Waals surface area contributed by atoms with Crippen LogP contribution < -0.4 is 3.61 Å². The molecule has 0 unspecified atom stereocenters. The number of allylic oxidation sites excluding steroid dienone is 1. The fraction of sp³-hybridized carbons (Fsp3) is 0. The van der Waals surface area contributed by atoms with Crippen molar-refractivity contribution in [2.75, 3.05) is 0 Å². The second-order valence-corrected chi connectivity index (χ2v) is 6.55. The summed E-state index contributed by atoms with van der Waals surface area (Å²) >= 11 is -0.746. The fourth-order valence-electron chi connectivity index (χ4n) is 1.37. The molecule has 0 atom stereocenters. The number of carbonyl (C=O) groups excluding carboxylic acids is 1. The molecule has 0 radical (unpaired) electrons. The molecular formula is C15H12OTe. The van der Waals surface area contributed by atoms with Gasteiger partial charge in [-0.05, 0) is 0 Å². The van der Waals surface area contributed by atoms with Crippen molar-refractivity contribution < 1.29 is 4.79 Å². The van der Waals surface area contributed by atoms with E-state index < -0.39 is 20.9 Å². The van der Waals surface area contributed by atoms with Crippen LogP contribution in [-0.4, -0.2) is 24.8 Å². The van der Waals surface area contributed by atoms with Crippen LogP contribution in [0, 0.1) is 0 Å². The summed E-state index contributed by atoms with van der Waals surface area (Å²) in [6.45, 7) is 0. The molecule has 0 aliphatic heterocycles. The van der Waals surface area contributed by atoms with Gasteiger partial charge in [-0.3, -0.25) is 0 Å². The third-order valence-electron chi connectivity index (χ3n) is 2.17. The SMILES string of the molecule is O=C(/C=C/c1ccccc1)[Te]c1ccccc1. The van der Waals surface area contributed by atoms with Crippen LogP contribution in [0.15, 0.2) is 66.7 Å². The number of benzene rings is 2. The molecule has 2 heteroatoms. The van der Waals surface area contributed by atoms with E-state index in [1.54, 1.807) is 6.08 Å². The Morgan fingerprint density at radius 3 is 2.12 bits per heavy atom. The Balaban J connectivity index is 1.96. The summed E-state index contributed by atoms with van der Waals surface area (Å²) < 4.78 is 1.44. The zero-order chi connectivity index (χ0) is 11.9. The topological polar surface area (TPSA) is 17.1 Å². The summed E-state index contributed by atoms with van der Waals surface area (Å²) in [5.41, 5.74) is 1.07. The molecule has 0 heterocycles. The molecule has 84 valence electrons. The van der Waals surface area contributed by atoms with Gasteiger partial charge in [0, 0.05) is 0 Å². The average molecular weight is 336 g/mol. The molecule has 0 fully saturated rings. The van der Waals surface area contributed by atoms with Crippen LogP contribution in [0.1, 0.15) is 5.56 Å². The molecule has 0 amide bonds. The van der Waals surface area contributed by atoms with Gasteiger partial charge < -0.3 is 0 Å². The number of rotatable bonds is 4. The summed E-state index contributed by atoms with van der Waals surface area (Å²) in [6, 6.07) is 19.9. The predicted octanol–water partition coefficient (Wildman–Crippen LogP) is 2.26. The number of hydrogen-bond donors (Lipinski definition) is 0. The van der Waals surface area contributed by atoms with Crippen molar-refractivity contribution in [2.24, 2.45) is 0 Å². The van der Waals surface area contributed by atoms with Crippen LogP contribution in [0.2, 0.25) is 0 Å². The Hall–Kier alpha value is -1.36. The third-order valence-corrected chi connectivity index (χ3v) is 4.59. The zero-order valence-electron chi connectivity index (χ0n) is 9.24. The standard InChI is InChI=1S/C15H12OTe/c16-15(17-14-9-5-2-6-10-14)12-11-13-7-3-1-4-8-13/h1-12H/b12-11+. The number of hydrogen-bond acceptors (Lipinski definition) is 1. The summed E-state index contributed by atoms with van der Waals surface area (Å²) in [6.07, 6.45) is 3.58. The Kier molecular flexibility index (Phi) is 4.55. The Morgan fingerprint density at radius 1 is 0.882 bits per heavy atom. The van der Waals surface area contributed by atoms with Gasteiger partial charge in [0.15, 0.2) is 0 Å². The molecule has 0 N–H and O–H groups in total. The first-order valence-corrected chi connectivity index (χ1v) is 7.67. The summed E-state index contributed by atoms with van der Waals surface area (Å²) in [5.74, 6) is 0. The van der Waals surface area contributed by atoms with E-state index in [0.717, 1.165) is 5.56 Å². The maximum absolute atomic E-state index is 11.8. The number of carbonyl (C=O) groups is 1. The van der Waals surface area contributed by atoms with Crippen molar-refractivity contribution in [1.82, 2.24) is 0 Å². The van der Waals surface area contributed by atoms with Gasteiger partial charge in [-0.1, -0.05) is 0 Å². The van der Waals surface area contributed by atoms with Gasteiger partial charge in [-0.2, -0.15) is 0 Å². The first-order chi connectivity index (χ1) is 8.34. The van der Waals surface area contributed by atoms with E-state index in [1.807, 2.05) is 66.7 Å². The van der Waals surface area contributed by atoms with Gasteiger partial charge in [0.05, 0.1) is 0 Å². The van der Waals surface area contributed by atoms with Gasteiger partial charge in [0.1, 0.15) is 0 Å². The van der Waals surface area contributed by atoms with E-state index in [9.17, 15) is 4.79 Å². The minimum atomic E-state index is -0.746. The average Bonchev–Trinajstić information content (AvgIpc) is 2.39. The second kappa shape index (κ2) is 6.39. The molecular weight excluding hydrogens is 324 g/mol. The second-order valence-electron chi connectivity index (χ2n) is 3.48. The molecule has 0 saturated carbocycles. The molecule has 0 aliphatic rings. The molecule has 0 aliphatic carbocycles. The van der Waals surface area contributed by atoms with Crippen molar-refractivity contribution >= 4 is 34.4 Å². The van der Waals surface area contributed by atoms with Crippen LogP contribution in [0.3, 0.4) is 0 Å². The van der Waals surface area contributed by atoms with Crippen LogP contribution in [0.4, 0.5) is 0 Å². The molecule has 0 spiro atoms. The zero-order valence-corrected chi connectivity index (χ0v) is 11.6. The summed E-state index contributed by atoms with van der Waals surface area (Å²) in [7, 11) is 0. The van der Waals surface area contributed by atoms with Crippen molar-refractivity contribution in [3.63, 3.8) is 0 Å². The van der Waals surface area contributed by atoms with Crippen molar-refractivity contribution in [1.29, 1.82) is 0 Å². The van der Waals surface area contributed by atoms with Gasteiger partial charge in [-0.25, -0.2) is 0 Å². The quantitative estimate of drug-likeness (QED) is 0.619. The third kappa shape index (κ3) is 4.19. The minimum absolute atomic E-state index is 0.255. The summed E-state index contributed by atoms with van der Waals surface area (Å²) in [4.78, 5) is 11.8. The van der Waals surface area contributed by atoms with Gasteiger partial charge in [-0.15, -0.1) is 0 Å². The van der Waals surface area contributed by atoms with Crippen LogP contribution in [0.5, 0.6) is 0 Å². The molecule has 0 aromatic heterocycles. The Morgan fingerprint density at radius 2 is 1.47 bits per heavy atom.